The summed E-state index contributed by atoms with van der Waals surface area (Å²) in [4.78, 5) is 14.6. The van der Waals surface area contributed by atoms with Gasteiger partial charge < -0.3 is 10.2 Å². The van der Waals surface area contributed by atoms with Crippen LogP contribution in [0.1, 0.15) is 32.3 Å². The molecule has 2 aromatic rings. The van der Waals surface area contributed by atoms with E-state index in [0.717, 1.165) is 19.1 Å². The molecule has 1 aliphatic carbocycles. The Hall–Kier alpha value is -2.38. The molecule has 2 aliphatic rings. The number of carbonyl (C=O) groups is 1. The molecule has 2 N–H and O–H groups in total. The predicted molar refractivity (Wildman–Crippen MR) is 140 cm³/mol. The number of benzene rings is 2. The van der Waals surface area contributed by atoms with Gasteiger partial charge in [0.25, 0.3) is 0 Å². The van der Waals surface area contributed by atoms with Gasteiger partial charge in [-0.3, -0.25) is 0 Å². The Bertz CT molecular complexity index is 1320. The van der Waals surface area contributed by atoms with E-state index in [9.17, 15) is 30.8 Å². The van der Waals surface area contributed by atoms with Crippen molar-refractivity contribution in [1.29, 1.82) is 0 Å². The second-order valence-electron chi connectivity index (χ2n) is 10.4. The van der Waals surface area contributed by atoms with Crippen LogP contribution in [0.2, 0.25) is 0 Å². The van der Waals surface area contributed by atoms with Gasteiger partial charge in [0.2, 0.25) is 15.5 Å². The van der Waals surface area contributed by atoms with Gasteiger partial charge in [0.05, 0.1) is 11.4 Å². The average molecular weight is 592 g/mol. The van der Waals surface area contributed by atoms with Crippen molar-refractivity contribution in [2.45, 2.75) is 56.1 Å². The second kappa shape index (κ2) is 11.2. The molecular formula is C26H30F5N3O3S2. The van der Waals surface area contributed by atoms with Crippen molar-refractivity contribution in [3.8, 4) is 11.1 Å². The first kappa shape index (κ1) is 29.6. The van der Waals surface area contributed by atoms with Crippen molar-refractivity contribution in [3.63, 3.8) is 0 Å². The summed E-state index contributed by atoms with van der Waals surface area (Å²) in [6.45, 7) is 1.72. The van der Waals surface area contributed by atoms with E-state index in [-0.39, 0.29) is 29.7 Å². The molecule has 13 heteroatoms. The molecule has 1 spiro atoms. The van der Waals surface area contributed by atoms with Gasteiger partial charge in [0.15, 0.2) is 0 Å². The molecule has 1 heterocycles. The lowest BCUT2D eigenvalue weighted by molar-refractivity contribution is 0.178. The summed E-state index contributed by atoms with van der Waals surface area (Å²) in [6.07, 6.45) is 1.16. The molecular weight excluding hydrogens is 561 g/mol. The second-order valence-corrected chi connectivity index (χ2v) is 12.9. The molecule has 6 nitrogen and oxygen atoms in total. The van der Waals surface area contributed by atoms with Crippen molar-refractivity contribution in [3.05, 3.63) is 59.4 Å². The Labute approximate surface area is 229 Å². The highest BCUT2D eigenvalue weighted by Crippen LogP contribution is 2.60. The number of nitrogens with one attached hydrogen (secondary N) is 2. The first-order valence-electron chi connectivity index (χ1n) is 12.5. The number of urea groups is 1. The smallest absolute Gasteiger partial charge is 0.317 e. The van der Waals surface area contributed by atoms with Crippen molar-refractivity contribution in [1.82, 2.24) is 14.9 Å². The number of carbonyl (C=O) groups excluding carboxylic acids is 1. The molecule has 0 aromatic heterocycles. The maximum absolute atomic E-state index is 15.8. The lowest BCUT2D eigenvalue weighted by Gasteiger charge is -2.33. The minimum absolute atomic E-state index is 0.0170. The van der Waals surface area contributed by atoms with Crippen molar-refractivity contribution < 1.29 is 35.2 Å². The molecule has 1 aliphatic heterocycles. The van der Waals surface area contributed by atoms with E-state index >= 15 is 4.39 Å². The van der Waals surface area contributed by atoms with Gasteiger partial charge in [0, 0.05) is 30.1 Å². The third-order valence-corrected chi connectivity index (χ3v) is 9.56. The molecule has 1 saturated carbocycles. The third-order valence-electron chi connectivity index (χ3n) is 7.50. The van der Waals surface area contributed by atoms with Crippen LogP contribution in [-0.2, 0) is 16.4 Å². The zero-order chi connectivity index (χ0) is 28.7. The Morgan fingerprint density at radius 3 is 2.36 bits per heavy atom. The summed E-state index contributed by atoms with van der Waals surface area (Å²) >= 11 is 4.46. The number of rotatable bonds is 9. The molecule has 39 heavy (non-hydrogen) atoms. The molecule has 1 unspecified atom stereocenters. The predicted octanol–water partition coefficient (Wildman–Crippen LogP) is 4.95. The highest BCUT2D eigenvalue weighted by molar-refractivity contribution is 7.91. The molecule has 0 bridgehead atoms. The first-order valence-corrected chi connectivity index (χ1v) is 14.5. The van der Waals surface area contributed by atoms with Gasteiger partial charge in [-0.05, 0) is 61.8 Å². The fraction of sp³-hybridized carbons (Fsp3) is 0.500. The Kier molecular flexibility index (Phi) is 8.53. The quantitative estimate of drug-likeness (QED) is 0.219. The molecule has 2 aromatic carbocycles. The molecule has 4 rings (SSSR count). The van der Waals surface area contributed by atoms with E-state index in [1.54, 1.807) is 0 Å². The zero-order valence-electron chi connectivity index (χ0n) is 21.3. The lowest BCUT2D eigenvalue weighted by atomic mass is 9.84. The number of hydrogen-bond donors (Lipinski definition) is 3. The van der Waals surface area contributed by atoms with Crippen LogP contribution in [0.25, 0.3) is 11.1 Å². The van der Waals surface area contributed by atoms with Gasteiger partial charge in [-0.2, -0.15) is 17.4 Å². The fourth-order valence-corrected chi connectivity index (χ4v) is 7.01. The SMILES string of the molecule is CC(F)S(=O)(=O)N[C@H](S)[C@@H]1[C@H](Cc2cccc(-c3cc(F)cc(F)c3)c2F)N(C(=O)N[C@H](C)CF)CC12CC2. The summed E-state index contributed by atoms with van der Waals surface area (Å²) in [6, 6.07) is 4.79. The number of likely N-dealkylation sites (tertiary alicyclic amines) is 1. The minimum atomic E-state index is -4.38. The van der Waals surface area contributed by atoms with Crippen molar-refractivity contribution >= 4 is 28.7 Å². The highest BCUT2D eigenvalue weighted by Gasteiger charge is 2.62. The van der Waals surface area contributed by atoms with E-state index in [0.29, 0.717) is 18.9 Å². The molecule has 2 fully saturated rings. The minimum Gasteiger partial charge on any atom is -0.333 e. The van der Waals surface area contributed by atoms with Gasteiger partial charge in [-0.25, -0.2) is 35.2 Å². The third kappa shape index (κ3) is 6.19. The molecule has 0 radical (unpaired) electrons. The maximum atomic E-state index is 15.8. The standard InChI is InChI=1S/C26H30F5N3O3S2/c1-14(12-27)32-25(35)34-13-26(6-7-26)22(24(38)33-39(36,37)15(2)28)21(34)10-16-4-3-5-20(23(16)31)17-8-18(29)11-19(30)9-17/h3-5,8-9,11,14-15,21-22,24,33,38H,6-7,10,12-13H2,1-2H3,(H,32,35)/t14-,15?,21+,22+,24-/m1/s1. The van der Waals surface area contributed by atoms with Crippen LogP contribution >= 0.6 is 12.6 Å². The van der Waals surface area contributed by atoms with Gasteiger partial charge in [0.1, 0.15) is 24.1 Å². The number of thiol groups is 1. The van der Waals surface area contributed by atoms with E-state index in [2.05, 4.69) is 22.7 Å². The molecule has 5 atom stereocenters. The number of amides is 2. The van der Waals surface area contributed by atoms with E-state index < -0.39 is 74.5 Å². The Balaban J connectivity index is 1.73. The lowest BCUT2D eigenvalue weighted by Crippen LogP contribution is -2.51. The van der Waals surface area contributed by atoms with Gasteiger partial charge in [-0.1, -0.05) is 18.2 Å². The van der Waals surface area contributed by atoms with Gasteiger partial charge >= 0.3 is 6.03 Å². The number of hydrogen-bond acceptors (Lipinski definition) is 4. The van der Waals surface area contributed by atoms with E-state index in [4.69, 9.17) is 0 Å². The monoisotopic (exact) mass is 591 g/mol. The van der Waals surface area contributed by atoms with Crippen LogP contribution in [0.15, 0.2) is 36.4 Å². The number of sulfonamides is 1. The summed E-state index contributed by atoms with van der Waals surface area (Å²) in [5, 5.41) is 1.44. The summed E-state index contributed by atoms with van der Waals surface area (Å²) < 4.78 is 97.3. The topological polar surface area (TPSA) is 78.5 Å². The number of alkyl halides is 2. The summed E-state index contributed by atoms with van der Waals surface area (Å²) in [5.41, 5.74) is -2.72. The van der Waals surface area contributed by atoms with Crippen LogP contribution < -0.4 is 10.0 Å². The fourth-order valence-electron chi connectivity index (χ4n) is 5.38. The normalized spacial score (nSPS) is 22.5. The van der Waals surface area contributed by atoms with Crippen molar-refractivity contribution in [2.24, 2.45) is 11.3 Å². The zero-order valence-corrected chi connectivity index (χ0v) is 23.0. The van der Waals surface area contributed by atoms with Crippen LogP contribution in [-0.4, -0.2) is 55.5 Å². The van der Waals surface area contributed by atoms with Crippen molar-refractivity contribution in [2.75, 3.05) is 13.2 Å². The molecule has 214 valence electrons. The number of nitrogens with zero attached hydrogens (tertiary/aromatic N) is 1. The molecule has 2 amide bonds. The largest absolute Gasteiger partial charge is 0.333 e. The summed E-state index contributed by atoms with van der Waals surface area (Å²) in [7, 11) is -4.38. The average Bonchev–Trinajstić information content (AvgIpc) is 3.54. The van der Waals surface area contributed by atoms with Crippen LogP contribution in [0.3, 0.4) is 0 Å². The Morgan fingerprint density at radius 1 is 1.15 bits per heavy atom. The van der Waals surface area contributed by atoms with E-state index in [1.807, 2.05) is 0 Å². The van der Waals surface area contributed by atoms with E-state index in [1.165, 1.54) is 30.0 Å². The van der Waals surface area contributed by atoms with Gasteiger partial charge in [-0.15, -0.1) is 0 Å². The molecule has 1 saturated heterocycles. The van der Waals surface area contributed by atoms with Crippen LogP contribution in [0, 0.1) is 28.8 Å². The first-order chi connectivity index (χ1) is 18.3. The number of halogens is 5. The maximum Gasteiger partial charge on any atom is 0.317 e. The Morgan fingerprint density at radius 2 is 1.79 bits per heavy atom. The van der Waals surface area contributed by atoms with Crippen LogP contribution in [0.4, 0.5) is 26.7 Å². The highest BCUT2D eigenvalue weighted by atomic mass is 32.2. The van der Waals surface area contributed by atoms with Crippen LogP contribution in [0.5, 0.6) is 0 Å². The summed E-state index contributed by atoms with van der Waals surface area (Å²) in [5.74, 6) is -3.16.